The van der Waals surface area contributed by atoms with Gasteiger partial charge in [0.2, 0.25) is 0 Å². The molecule has 3 heteroatoms. The van der Waals surface area contributed by atoms with Gasteiger partial charge in [-0.25, -0.2) is 0 Å². The molecule has 1 rings (SSSR count). The topological polar surface area (TPSA) is 41.6 Å². The van der Waals surface area contributed by atoms with Crippen molar-refractivity contribution >= 4 is 5.84 Å². The zero-order chi connectivity index (χ0) is 32.5. The molecule has 2 unspecified atom stereocenters. The highest BCUT2D eigenvalue weighted by molar-refractivity contribution is 5.84. The fourth-order valence-corrected chi connectivity index (χ4v) is 6.92. The lowest BCUT2D eigenvalue weighted by molar-refractivity contribution is 0.270. The molecule has 0 radical (unpaired) electrons. The zero-order valence-corrected chi connectivity index (χ0v) is 31.1. The van der Waals surface area contributed by atoms with Crippen LogP contribution in [0, 0.1) is 0 Å². The molecular weight excluding hydrogens is 546 g/mol. The number of rotatable bonds is 34. The van der Waals surface area contributed by atoms with E-state index in [0.29, 0.717) is 6.04 Å². The largest absolute Gasteiger partial charge is 0.354 e. The Labute approximate surface area is 283 Å². The summed E-state index contributed by atoms with van der Waals surface area (Å²) in [5, 5.41) is 0. The first kappa shape index (κ1) is 41.9. The van der Waals surface area contributed by atoms with Gasteiger partial charge >= 0.3 is 0 Å². The van der Waals surface area contributed by atoms with Crippen LogP contribution in [0.3, 0.4) is 0 Å². The minimum atomic E-state index is 0.219. The van der Waals surface area contributed by atoms with Crippen LogP contribution in [0.25, 0.3) is 0 Å². The molecule has 2 N–H and O–H groups in total. The van der Waals surface area contributed by atoms with E-state index in [1.165, 1.54) is 192 Å². The lowest BCUT2D eigenvalue weighted by Crippen LogP contribution is -2.48. The minimum absolute atomic E-state index is 0.219. The Morgan fingerprint density at radius 3 is 1.36 bits per heavy atom. The molecule has 0 spiro atoms. The van der Waals surface area contributed by atoms with Crippen LogP contribution in [0.2, 0.25) is 0 Å². The average Bonchev–Trinajstić information content (AvgIpc) is 3.50. The van der Waals surface area contributed by atoms with E-state index in [0.717, 1.165) is 19.5 Å². The number of nitrogens with zero attached hydrogens (tertiary/aromatic N) is 2. The molecule has 0 saturated carbocycles. The van der Waals surface area contributed by atoms with E-state index in [9.17, 15) is 0 Å². The number of amidine groups is 1. The molecule has 3 nitrogen and oxygen atoms in total. The third-order valence-electron chi connectivity index (χ3n) is 9.90. The highest BCUT2D eigenvalue weighted by atomic mass is 15.3. The number of hydrogen-bond donors (Lipinski definition) is 1. The molecule has 1 aliphatic heterocycles. The molecule has 0 aromatic carbocycles. The summed E-state index contributed by atoms with van der Waals surface area (Å²) in [5.74, 6) is 1.36. The highest BCUT2D eigenvalue weighted by Gasteiger charge is 2.27. The standard InChI is InChI=1S/C42H81N3/c1-4-6-8-10-12-14-16-18-20-22-24-26-28-30-32-34-36-41(40(3)43)45-39-38-44-42(45)37-35-33-31-29-27-25-23-21-19-17-15-13-11-9-7-5-2/h18-21,40-41H,4-17,22-39,43H2,1-3H3/b20-18-,21-19-. The summed E-state index contributed by atoms with van der Waals surface area (Å²) >= 11 is 0. The summed E-state index contributed by atoms with van der Waals surface area (Å²) in [7, 11) is 0. The van der Waals surface area contributed by atoms with Crippen LogP contribution in [0.15, 0.2) is 29.3 Å². The number of unbranched alkanes of at least 4 members (excludes halogenated alkanes) is 24. The minimum Gasteiger partial charge on any atom is -0.354 e. The molecule has 45 heavy (non-hydrogen) atoms. The van der Waals surface area contributed by atoms with E-state index in [2.05, 4.69) is 50.0 Å². The molecule has 1 heterocycles. The monoisotopic (exact) mass is 628 g/mol. The van der Waals surface area contributed by atoms with Crippen molar-refractivity contribution < 1.29 is 0 Å². The van der Waals surface area contributed by atoms with E-state index in [4.69, 9.17) is 10.7 Å². The van der Waals surface area contributed by atoms with Crippen molar-refractivity contribution in [1.29, 1.82) is 0 Å². The number of nitrogens with two attached hydrogens (primary N) is 1. The summed E-state index contributed by atoms with van der Waals surface area (Å²) in [6.07, 6.45) is 50.4. The smallest absolute Gasteiger partial charge is 0.0993 e. The summed E-state index contributed by atoms with van der Waals surface area (Å²) in [6, 6.07) is 0.688. The van der Waals surface area contributed by atoms with Crippen molar-refractivity contribution in [2.24, 2.45) is 10.7 Å². The Morgan fingerprint density at radius 2 is 0.933 bits per heavy atom. The lowest BCUT2D eigenvalue weighted by Gasteiger charge is -2.33. The molecule has 0 aromatic rings. The Balaban J connectivity index is 2.02. The first-order chi connectivity index (χ1) is 22.2. The molecule has 0 saturated heterocycles. The van der Waals surface area contributed by atoms with Crippen LogP contribution in [-0.2, 0) is 0 Å². The van der Waals surface area contributed by atoms with Gasteiger partial charge in [-0.3, -0.25) is 4.99 Å². The van der Waals surface area contributed by atoms with Crippen molar-refractivity contribution in [2.45, 2.75) is 225 Å². The SMILES string of the molecule is CCCCCCCC/C=C\CCCCCCCCC1=NCCN1C(CCCCCCCC/C=C\CCCCCCCC)C(C)N. The number of allylic oxidation sites excluding steroid dienone is 4. The van der Waals surface area contributed by atoms with Crippen molar-refractivity contribution in [3.8, 4) is 0 Å². The number of aliphatic imine (C=N–C) groups is 1. The van der Waals surface area contributed by atoms with Crippen molar-refractivity contribution in [2.75, 3.05) is 13.1 Å². The summed E-state index contributed by atoms with van der Waals surface area (Å²) in [5.41, 5.74) is 6.53. The van der Waals surface area contributed by atoms with Gasteiger partial charge in [-0.05, 0) is 71.1 Å². The molecule has 1 aliphatic rings. The highest BCUT2D eigenvalue weighted by Crippen LogP contribution is 2.21. The Hall–Kier alpha value is -1.09. The average molecular weight is 628 g/mol. The van der Waals surface area contributed by atoms with E-state index >= 15 is 0 Å². The van der Waals surface area contributed by atoms with Gasteiger partial charge in [0.25, 0.3) is 0 Å². The van der Waals surface area contributed by atoms with Crippen LogP contribution in [0.4, 0.5) is 0 Å². The van der Waals surface area contributed by atoms with Gasteiger partial charge < -0.3 is 10.6 Å². The van der Waals surface area contributed by atoms with E-state index in [-0.39, 0.29) is 6.04 Å². The summed E-state index contributed by atoms with van der Waals surface area (Å²) < 4.78 is 0. The predicted molar refractivity (Wildman–Crippen MR) is 205 cm³/mol. The van der Waals surface area contributed by atoms with Gasteiger partial charge in [0.1, 0.15) is 0 Å². The fraction of sp³-hybridized carbons (Fsp3) is 0.881. The second-order valence-corrected chi connectivity index (χ2v) is 14.3. The maximum absolute atomic E-state index is 6.53. The quantitative estimate of drug-likeness (QED) is 0.0569. The van der Waals surface area contributed by atoms with Crippen molar-refractivity contribution in [1.82, 2.24) is 4.90 Å². The lowest BCUT2D eigenvalue weighted by atomic mass is 9.99. The molecule has 0 aliphatic carbocycles. The second kappa shape index (κ2) is 32.8. The molecule has 0 aromatic heterocycles. The second-order valence-electron chi connectivity index (χ2n) is 14.3. The Morgan fingerprint density at radius 1 is 0.556 bits per heavy atom. The van der Waals surface area contributed by atoms with Crippen LogP contribution < -0.4 is 5.73 Å². The number of hydrogen-bond acceptors (Lipinski definition) is 3. The zero-order valence-electron chi connectivity index (χ0n) is 31.1. The van der Waals surface area contributed by atoms with Gasteiger partial charge in [-0.1, -0.05) is 160 Å². The first-order valence-electron chi connectivity index (χ1n) is 20.6. The van der Waals surface area contributed by atoms with Crippen LogP contribution in [-0.4, -0.2) is 35.9 Å². The maximum Gasteiger partial charge on any atom is 0.0993 e. The Bertz CT molecular complexity index is 694. The summed E-state index contributed by atoms with van der Waals surface area (Å²) in [4.78, 5) is 7.52. The Kier molecular flexibility index (Phi) is 30.6. The summed E-state index contributed by atoms with van der Waals surface area (Å²) in [6.45, 7) is 8.85. The molecule has 264 valence electrons. The fourth-order valence-electron chi connectivity index (χ4n) is 6.92. The van der Waals surface area contributed by atoms with Crippen LogP contribution in [0.1, 0.15) is 213 Å². The maximum atomic E-state index is 6.53. The molecule has 0 amide bonds. The third kappa shape index (κ3) is 25.7. The first-order valence-corrected chi connectivity index (χ1v) is 20.6. The van der Waals surface area contributed by atoms with Gasteiger partial charge in [-0.2, -0.15) is 0 Å². The van der Waals surface area contributed by atoms with E-state index in [1.54, 1.807) is 0 Å². The van der Waals surface area contributed by atoms with Crippen molar-refractivity contribution in [3.05, 3.63) is 24.3 Å². The van der Waals surface area contributed by atoms with Crippen LogP contribution >= 0.6 is 0 Å². The normalized spacial score (nSPS) is 15.1. The van der Waals surface area contributed by atoms with Gasteiger partial charge in [0, 0.05) is 25.0 Å². The third-order valence-corrected chi connectivity index (χ3v) is 9.90. The van der Waals surface area contributed by atoms with Gasteiger partial charge in [-0.15, -0.1) is 0 Å². The van der Waals surface area contributed by atoms with E-state index in [1.807, 2.05) is 0 Å². The molecule has 0 fully saturated rings. The molecular formula is C42H81N3. The van der Waals surface area contributed by atoms with E-state index < -0.39 is 0 Å². The molecule has 0 bridgehead atoms. The van der Waals surface area contributed by atoms with Gasteiger partial charge in [0.15, 0.2) is 0 Å². The van der Waals surface area contributed by atoms with Crippen LogP contribution in [0.5, 0.6) is 0 Å². The van der Waals surface area contributed by atoms with Crippen molar-refractivity contribution in [3.63, 3.8) is 0 Å². The predicted octanol–water partition coefficient (Wildman–Crippen LogP) is 13.3. The van der Waals surface area contributed by atoms with Gasteiger partial charge in [0.05, 0.1) is 12.4 Å². The molecule has 2 atom stereocenters.